The third kappa shape index (κ3) is 3.13. The van der Waals surface area contributed by atoms with Crippen molar-refractivity contribution in [3.05, 3.63) is 59.7 Å². The van der Waals surface area contributed by atoms with Crippen molar-refractivity contribution in [3.8, 4) is 11.5 Å². The smallest absolute Gasteiger partial charge is 0.162 e. The highest BCUT2D eigenvalue weighted by molar-refractivity contribution is 5.41. The number of rotatable bonds is 3. The van der Waals surface area contributed by atoms with E-state index in [-0.39, 0.29) is 6.10 Å². The minimum absolute atomic E-state index is 0.0285. The molecule has 0 spiro atoms. The van der Waals surface area contributed by atoms with Gasteiger partial charge in [-0.1, -0.05) is 42.8 Å². The van der Waals surface area contributed by atoms with Gasteiger partial charge in [-0.25, -0.2) is 0 Å². The summed E-state index contributed by atoms with van der Waals surface area (Å²) >= 11 is 0. The Bertz CT molecular complexity index is 676. The standard InChI is InChI=1S/C21H25NO2/c1-16(22-13-5-2-6-14-22)17-9-11-18(12-10-17)21-15-23-19-7-3-4-8-20(19)24-21/h3-4,7-12,16,21H,2,5-6,13-15H2,1H3/t16?,21-/m1/s1. The zero-order valence-electron chi connectivity index (χ0n) is 14.3. The number of ether oxygens (including phenoxy) is 2. The molecule has 0 radical (unpaired) electrons. The molecule has 0 N–H and O–H groups in total. The summed E-state index contributed by atoms with van der Waals surface area (Å²) in [4.78, 5) is 2.59. The third-order valence-corrected chi connectivity index (χ3v) is 5.24. The van der Waals surface area contributed by atoms with E-state index >= 15 is 0 Å². The molecule has 24 heavy (non-hydrogen) atoms. The Hall–Kier alpha value is -2.00. The molecule has 2 aliphatic rings. The Kier molecular flexibility index (Phi) is 4.44. The van der Waals surface area contributed by atoms with Crippen LogP contribution in [-0.4, -0.2) is 24.6 Å². The SMILES string of the molecule is CC(c1ccc([C@H]2COc3ccccc3O2)cc1)N1CCCCC1. The highest BCUT2D eigenvalue weighted by Gasteiger charge is 2.23. The lowest BCUT2D eigenvalue weighted by atomic mass is 10.0. The van der Waals surface area contributed by atoms with E-state index < -0.39 is 0 Å². The molecule has 0 aromatic heterocycles. The average Bonchev–Trinajstić information content (AvgIpc) is 2.68. The molecule has 1 unspecified atom stereocenters. The van der Waals surface area contributed by atoms with Gasteiger partial charge in [0.15, 0.2) is 17.6 Å². The summed E-state index contributed by atoms with van der Waals surface area (Å²) in [7, 11) is 0. The van der Waals surface area contributed by atoms with Crippen molar-refractivity contribution in [2.45, 2.75) is 38.3 Å². The van der Waals surface area contributed by atoms with Gasteiger partial charge >= 0.3 is 0 Å². The summed E-state index contributed by atoms with van der Waals surface area (Å²) in [6.07, 6.45) is 4.01. The zero-order valence-corrected chi connectivity index (χ0v) is 14.3. The molecule has 2 aliphatic heterocycles. The quantitative estimate of drug-likeness (QED) is 0.814. The van der Waals surface area contributed by atoms with E-state index in [1.807, 2.05) is 24.3 Å². The van der Waals surface area contributed by atoms with Gasteiger partial charge in [-0.15, -0.1) is 0 Å². The van der Waals surface area contributed by atoms with Crippen LogP contribution in [0, 0.1) is 0 Å². The van der Waals surface area contributed by atoms with Crippen LogP contribution in [0.5, 0.6) is 11.5 Å². The van der Waals surface area contributed by atoms with Gasteiger partial charge in [-0.2, -0.15) is 0 Å². The summed E-state index contributed by atoms with van der Waals surface area (Å²) in [6, 6.07) is 17.2. The molecule has 2 aromatic carbocycles. The van der Waals surface area contributed by atoms with E-state index in [0.717, 1.165) is 11.5 Å². The molecule has 0 aliphatic carbocycles. The predicted octanol–water partition coefficient (Wildman–Crippen LogP) is 4.75. The van der Waals surface area contributed by atoms with Crippen LogP contribution in [0.25, 0.3) is 0 Å². The Balaban J connectivity index is 1.46. The van der Waals surface area contributed by atoms with Crippen LogP contribution in [0.15, 0.2) is 48.5 Å². The Labute approximate surface area is 144 Å². The van der Waals surface area contributed by atoms with Crippen LogP contribution >= 0.6 is 0 Å². The maximum atomic E-state index is 6.10. The van der Waals surface area contributed by atoms with Crippen LogP contribution in [0.3, 0.4) is 0 Å². The second kappa shape index (κ2) is 6.86. The van der Waals surface area contributed by atoms with Gasteiger partial charge in [-0.05, 0) is 56.1 Å². The van der Waals surface area contributed by atoms with Crippen molar-refractivity contribution >= 4 is 0 Å². The number of hydrogen-bond donors (Lipinski definition) is 0. The van der Waals surface area contributed by atoms with Crippen LogP contribution < -0.4 is 9.47 Å². The first kappa shape index (κ1) is 15.5. The van der Waals surface area contributed by atoms with Crippen molar-refractivity contribution in [2.24, 2.45) is 0 Å². The molecule has 2 heterocycles. The molecule has 126 valence electrons. The van der Waals surface area contributed by atoms with E-state index in [0.29, 0.717) is 12.6 Å². The summed E-state index contributed by atoms with van der Waals surface area (Å²) in [6.45, 7) is 5.33. The minimum atomic E-state index is -0.0285. The summed E-state index contributed by atoms with van der Waals surface area (Å²) in [5.74, 6) is 1.67. The van der Waals surface area contributed by atoms with Crippen LogP contribution in [0.2, 0.25) is 0 Å². The normalized spacial score (nSPS) is 22.1. The van der Waals surface area contributed by atoms with Crippen molar-refractivity contribution in [1.82, 2.24) is 4.90 Å². The molecule has 0 amide bonds. The van der Waals surface area contributed by atoms with E-state index in [1.165, 1.54) is 43.5 Å². The molecule has 3 heteroatoms. The molecule has 1 fully saturated rings. The number of para-hydroxylation sites is 2. The summed E-state index contributed by atoms with van der Waals surface area (Å²) < 4.78 is 11.9. The molecule has 0 saturated carbocycles. The molecule has 4 rings (SSSR count). The average molecular weight is 323 g/mol. The van der Waals surface area contributed by atoms with Gasteiger partial charge in [0.2, 0.25) is 0 Å². The number of hydrogen-bond acceptors (Lipinski definition) is 3. The first-order chi connectivity index (χ1) is 11.8. The monoisotopic (exact) mass is 323 g/mol. The first-order valence-electron chi connectivity index (χ1n) is 9.03. The Morgan fingerprint density at radius 3 is 2.38 bits per heavy atom. The van der Waals surface area contributed by atoms with Gasteiger partial charge in [-0.3, -0.25) is 4.90 Å². The number of benzene rings is 2. The lowest BCUT2D eigenvalue weighted by Crippen LogP contribution is -2.32. The van der Waals surface area contributed by atoms with E-state index in [9.17, 15) is 0 Å². The topological polar surface area (TPSA) is 21.7 Å². The fourth-order valence-corrected chi connectivity index (χ4v) is 3.69. The second-order valence-electron chi connectivity index (χ2n) is 6.80. The van der Waals surface area contributed by atoms with E-state index in [4.69, 9.17) is 9.47 Å². The van der Waals surface area contributed by atoms with Crippen molar-refractivity contribution in [3.63, 3.8) is 0 Å². The van der Waals surface area contributed by atoms with Gasteiger partial charge in [0.1, 0.15) is 6.61 Å². The van der Waals surface area contributed by atoms with Crippen molar-refractivity contribution in [1.29, 1.82) is 0 Å². The largest absolute Gasteiger partial charge is 0.485 e. The van der Waals surface area contributed by atoms with Gasteiger partial charge in [0, 0.05) is 6.04 Å². The zero-order chi connectivity index (χ0) is 16.4. The maximum Gasteiger partial charge on any atom is 0.162 e. The summed E-state index contributed by atoms with van der Waals surface area (Å²) in [5.41, 5.74) is 2.57. The Morgan fingerprint density at radius 1 is 0.917 bits per heavy atom. The molecule has 2 aromatic rings. The number of piperidine rings is 1. The highest BCUT2D eigenvalue weighted by Crippen LogP contribution is 2.36. The van der Waals surface area contributed by atoms with Gasteiger partial charge < -0.3 is 9.47 Å². The van der Waals surface area contributed by atoms with Crippen LogP contribution in [0.1, 0.15) is 49.5 Å². The predicted molar refractivity (Wildman–Crippen MR) is 95.6 cm³/mol. The lowest BCUT2D eigenvalue weighted by Gasteiger charge is -2.33. The molecule has 1 saturated heterocycles. The Morgan fingerprint density at radius 2 is 1.62 bits per heavy atom. The number of fused-ring (bicyclic) bond motifs is 1. The lowest BCUT2D eigenvalue weighted by molar-refractivity contribution is 0.0912. The van der Waals surface area contributed by atoms with Crippen LogP contribution in [0.4, 0.5) is 0 Å². The van der Waals surface area contributed by atoms with Crippen LogP contribution in [-0.2, 0) is 0 Å². The summed E-state index contributed by atoms with van der Waals surface area (Å²) in [5, 5.41) is 0. The second-order valence-corrected chi connectivity index (χ2v) is 6.80. The van der Waals surface area contributed by atoms with Crippen molar-refractivity contribution in [2.75, 3.05) is 19.7 Å². The van der Waals surface area contributed by atoms with E-state index in [2.05, 4.69) is 36.1 Å². The number of nitrogens with zero attached hydrogens (tertiary/aromatic N) is 1. The molecule has 0 bridgehead atoms. The number of likely N-dealkylation sites (tertiary alicyclic amines) is 1. The fourth-order valence-electron chi connectivity index (χ4n) is 3.69. The van der Waals surface area contributed by atoms with Crippen molar-refractivity contribution < 1.29 is 9.47 Å². The third-order valence-electron chi connectivity index (χ3n) is 5.24. The first-order valence-corrected chi connectivity index (χ1v) is 9.03. The minimum Gasteiger partial charge on any atom is -0.485 e. The molecular weight excluding hydrogens is 298 g/mol. The molecule has 2 atom stereocenters. The maximum absolute atomic E-state index is 6.10. The van der Waals surface area contributed by atoms with Gasteiger partial charge in [0.25, 0.3) is 0 Å². The van der Waals surface area contributed by atoms with Gasteiger partial charge in [0.05, 0.1) is 0 Å². The molecule has 3 nitrogen and oxygen atoms in total. The van der Waals surface area contributed by atoms with E-state index in [1.54, 1.807) is 0 Å². The highest BCUT2D eigenvalue weighted by atomic mass is 16.6. The molecular formula is C21H25NO2. The fraction of sp³-hybridized carbons (Fsp3) is 0.429.